The van der Waals surface area contributed by atoms with Crippen LogP contribution in [-0.2, 0) is 11.2 Å². The molecule has 0 saturated carbocycles. The highest BCUT2D eigenvalue weighted by atomic mass is 16.2. The molecule has 4 heteroatoms. The van der Waals surface area contributed by atoms with Crippen LogP contribution in [-0.4, -0.2) is 23.8 Å². The lowest BCUT2D eigenvalue weighted by Gasteiger charge is -2.24. The van der Waals surface area contributed by atoms with Crippen LogP contribution in [0.1, 0.15) is 54.2 Å². The number of fused-ring (bicyclic) bond motifs is 1. The van der Waals surface area contributed by atoms with Gasteiger partial charge in [0.05, 0.1) is 6.42 Å². The lowest BCUT2D eigenvalue weighted by molar-refractivity contribution is -0.127. The summed E-state index contributed by atoms with van der Waals surface area (Å²) in [7, 11) is 1.53. The van der Waals surface area contributed by atoms with Crippen molar-refractivity contribution in [2.75, 3.05) is 7.05 Å². The predicted octanol–water partition coefficient (Wildman–Crippen LogP) is 2.28. The van der Waals surface area contributed by atoms with Crippen molar-refractivity contribution in [3.05, 3.63) is 34.9 Å². The van der Waals surface area contributed by atoms with E-state index in [1.165, 1.54) is 11.9 Å². The Morgan fingerprint density at radius 3 is 2.60 bits per heavy atom. The van der Waals surface area contributed by atoms with Gasteiger partial charge in [0, 0.05) is 18.7 Å². The van der Waals surface area contributed by atoms with E-state index in [4.69, 9.17) is 5.73 Å². The number of rotatable bonds is 4. The highest BCUT2D eigenvalue weighted by Crippen LogP contribution is 2.25. The first-order valence-corrected chi connectivity index (χ1v) is 7.09. The molecule has 1 heterocycles. The Labute approximate surface area is 119 Å². The molecule has 0 radical (unpaired) electrons. The van der Waals surface area contributed by atoms with Crippen LogP contribution < -0.4 is 5.73 Å². The summed E-state index contributed by atoms with van der Waals surface area (Å²) in [5.74, 6) is 0.234. The second-order valence-corrected chi connectivity index (χ2v) is 5.93. The topological polar surface area (TPSA) is 63.4 Å². The summed E-state index contributed by atoms with van der Waals surface area (Å²) in [6.07, 6.45) is 2.25. The molecule has 1 aromatic rings. The zero-order chi connectivity index (χ0) is 14.9. The quantitative estimate of drug-likeness (QED) is 0.857. The van der Waals surface area contributed by atoms with Gasteiger partial charge in [-0.1, -0.05) is 26.0 Å². The van der Waals surface area contributed by atoms with Crippen molar-refractivity contribution < 1.29 is 9.59 Å². The van der Waals surface area contributed by atoms with Gasteiger partial charge in [-0.2, -0.15) is 0 Å². The molecule has 0 aromatic heterocycles. The van der Waals surface area contributed by atoms with E-state index in [9.17, 15) is 9.59 Å². The summed E-state index contributed by atoms with van der Waals surface area (Å²) in [5, 5.41) is 0. The zero-order valence-corrected chi connectivity index (χ0v) is 12.3. The molecule has 1 unspecified atom stereocenters. The van der Waals surface area contributed by atoms with E-state index in [1.807, 2.05) is 18.2 Å². The molecular formula is C16H22N2O2. The normalized spacial score (nSPS) is 16.6. The Hall–Kier alpha value is -1.68. The van der Waals surface area contributed by atoms with E-state index in [1.54, 1.807) is 0 Å². The van der Waals surface area contributed by atoms with Gasteiger partial charge in [-0.25, -0.2) is 0 Å². The van der Waals surface area contributed by atoms with Gasteiger partial charge in [0.25, 0.3) is 5.91 Å². The third-order valence-corrected chi connectivity index (χ3v) is 3.87. The van der Waals surface area contributed by atoms with Gasteiger partial charge in [0.1, 0.15) is 0 Å². The Balaban J connectivity index is 2.23. The number of hydrogen-bond acceptors (Lipinski definition) is 3. The Morgan fingerprint density at radius 2 is 1.95 bits per heavy atom. The van der Waals surface area contributed by atoms with Gasteiger partial charge in [-0.3, -0.25) is 14.5 Å². The minimum atomic E-state index is -0.228. The molecule has 1 atom stereocenters. The van der Waals surface area contributed by atoms with Crippen LogP contribution in [0.15, 0.2) is 18.2 Å². The van der Waals surface area contributed by atoms with Gasteiger partial charge in [0.2, 0.25) is 5.91 Å². The minimum Gasteiger partial charge on any atom is -0.324 e. The summed E-state index contributed by atoms with van der Waals surface area (Å²) in [6.45, 7) is 4.34. The predicted molar refractivity (Wildman–Crippen MR) is 78.2 cm³/mol. The second kappa shape index (κ2) is 5.75. The van der Waals surface area contributed by atoms with Crippen LogP contribution in [0.2, 0.25) is 0 Å². The van der Waals surface area contributed by atoms with Crippen molar-refractivity contribution in [1.82, 2.24) is 4.90 Å². The van der Waals surface area contributed by atoms with Gasteiger partial charge in [0.15, 0.2) is 0 Å². The van der Waals surface area contributed by atoms with Crippen LogP contribution in [0, 0.1) is 5.92 Å². The molecule has 1 aromatic carbocycles. The van der Waals surface area contributed by atoms with Crippen molar-refractivity contribution in [2.45, 2.75) is 39.2 Å². The molecule has 0 aliphatic carbocycles. The fraction of sp³-hybridized carbons (Fsp3) is 0.500. The Morgan fingerprint density at radius 1 is 1.25 bits per heavy atom. The number of nitrogens with two attached hydrogens (primary N) is 1. The van der Waals surface area contributed by atoms with E-state index in [0.717, 1.165) is 24.0 Å². The Kier molecular flexibility index (Phi) is 4.23. The Bertz CT molecular complexity index is 537. The zero-order valence-electron chi connectivity index (χ0n) is 12.3. The molecule has 1 aliphatic heterocycles. The average Bonchev–Trinajstić information content (AvgIpc) is 2.42. The molecule has 0 spiro atoms. The van der Waals surface area contributed by atoms with Crippen LogP contribution in [0.5, 0.6) is 0 Å². The maximum absolute atomic E-state index is 12.1. The van der Waals surface area contributed by atoms with Crippen LogP contribution >= 0.6 is 0 Å². The molecule has 0 fully saturated rings. The number of hydrogen-bond donors (Lipinski definition) is 1. The number of likely N-dealkylation sites (N-methyl/N-ethyl adjacent to an activating group) is 1. The largest absolute Gasteiger partial charge is 0.324 e. The van der Waals surface area contributed by atoms with E-state index < -0.39 is 0 Å². The third kappa shape index (κ3) is 2.90. The fourth-order valence-corrected chi connectivity index (χ4v) is 2.43. The number of carbonyl (C=O) groups is 2. The van der Waals surface area contributed by atoms with Gasteiger partial charge in [-0.05, 0) is 36.0 Å². The highest BCUT2D eigenvalue weighted by Gasteiger charge is 2.28. The van der Waals surface area contributed by atoms with Crippen molar-refractivity contribution in [1.29, 1.82) is 0 Å². The van der Waals surface area contributed by atoms with Crippen LogP contribution in [0.4, 0.5) is 0 Å². The maximum atomic E-state index is 12.1. The third-order valence-electron chi connectivity index (χ3n) is 3.87. The molecule has 2 amide bonds. The van der Waals surface area contributed by atoms with Gasteiger partial charge >= 0.3 is 0 Å². The molecule has 0 saturated heterocycles. The number of nitrogens with zero attached hydrogens (tertiary/aromatic N) is 1. The summed E-state index contributed by atoms with van der Waals surface area (Å²) in [5.41, 5.74) is 8.58. The molecule has 0 bridgehead atoms. The molecule has 2 rings (SSSR count). The van der Waals surface area contributed by atoms with E-state index in [2.05, 4.69) is 13.8 Å². The van der Waals surface area contributed by atoms with Gasteiger partial charge < -0.3 is 5.73 Å². The SMILES string of the molecule is CC(C)CCC(N)c1ccc2c(c1)C(=O)N(C)C(=O)C2. The second-order valence-electron chi connectivity index (χ2n) is 5.93. The smallest absolute Gasteiger partial charge is 0.260 e. The van der Waals surface area contributed by atoms with Crippen LogP contribution in [0.3, 0.4) is 0 Å². The highest BCUT2D eigenvalue weighted by molar-refractivity contribution is 6.09. The summed E-state index contributed by atoms with van der Waals surface area (Å²) >= 11 is 0. The standard InChI is InChI=1S/C16H22N2O2/c1-10(2)4-7-14(17)12-6-5-11-9-15(19)18(3)16(20)13(11)8-12/h5-6,8,10,14H,4,7,9,17H2,1-3H3. The molecular weight excluding hydrogens is 252 g/mol. The van der Waals surface area contributed by atoms with Crippen molar-refractivity contribution in [2.24, 2.45) is 11.7 Å². The first kappa shape index (κ1) is 14.7. The molecule has 20 heavy (non-hydrogen) atoms. The number of amides is 2. The molecule has 1 aliphatic rings. The van der Waals surface area contributed by atoms with Crippen molar-refractivity contribution in [3.8, 4) is 0 Å². The van der Waals surface area contributed by atoms with Crippen LogP contribution in [0.25, 0.3) is 0 Å². The van der Waals surface area contributed by atoms with E-state index >= 15 is 0 Å². The van der Waals surface area contributed by atoms with Crippen molar-refractivity contribution >= 4 is 11.8 Å². The number of carbonyl (C=O) groups excluding carboxylic acids is 2. The number of imide groups is 1. The lowest BCUT2D eigenvalue weighted by atomic mass is 9.92. The van der Waals surface area contributed by atoms with Gasteiger partial charge in [-0.15, -0.1) is 0 Å². The average molecular weight is 274 g/mol. The number of benzene rings is 1. The summed E-state index contributed by atoms with van der Waals surface area (Å²) in [4.78, 5) is 25.0. The molecule has 2 N–H and O–H groups in total. The minimum absolute atomic E-state index is 0.0570. The summed E-state index contributed by atoms with van der Waals surface area (Å²) in [6, 6.07) is 5.60. The van der Waals surface area contributed by atoms with Crippen molar-refractivity contribution in [3.63, 3.8) is 0 Å². The van der Waals surface area contributed by atoms with E-state index in [0.29, 0.717) is 17.9 Å². The molecule has 4 nitrogen and oxygen atoms in total. The first-order chi connectivity index (χ1) is 9.40. The first-order valence-electron chi connectivity index (χ1n) is 7.09. The molecule has 108 valence electrons. The monoisotopic (exact) mass is 274 g/mol. The fourth-order valence-electron chi connectivity index (χ4n) is 2.43. The maximum Gasteiger partial charge on any atom is 0.260 e. The van der Waals surface area contributed by atoms with E-state index in [-0.39, 0.29) is 17.9 Å². The lowest BCUT2D eigenvalue weighted by Crippen LogP contribution is -2.39. The summed E-state index contributed by atoms with van der Waals surface area (Å²) < 4.78 is 0.